The lowest BCUT2D eigenvalue weighted by molar-refractivity contribution is -0.383. The molecule has 0 saturated carbocycles. The van der Waals surface area contributed by atoms with Gasteiger partial charge in [-0.2, -0.15) is 0 Å². The summed E-state index contributed by atoms with van der Waals surface area (Å²) in [7, 11) is 0. The molecule has 5 nitrogen and oxygen atoms in total. The van der Waals surface area contributed by atoms with E-state index in [9.17, 15) is 14.9 Å². The van der Waals surface area contributed by atoms with Crippen LogP contribution in [-0.4, -0.2) is 10.7 Å². The van der Waals surface area contributed by atoms with Crippen LogP contribution in [0.4, 0.5) is 17.1 Å². The zero-order valence-electron chi connectivity index (χ0n) is 16.0. The van der Waals surface area contributed by atoms with Gasteiger partial charge in [-0.15, -0.1) is 0 Å². The van der Waals surface area contributed by atoms with Crippen LogP contribution >= 0.6 is 0 Å². The summed E-state index contributed by atoms with van der Waals surface area (Å²) in [5.74, 6) is -0.0787. The van der Waals surface area contributed by atoms with E-state index in [2.05, 4.69) is 5.32 Å². The van der Waals surface area contributed by atoms with Crippen molar-refractivity contribution >= 4 is 22.8 Å². The number of nitro groups is 1. The van der Waals surface area contributed by atoms with Gasteiger partial charge in [0, 0.05) is 22.9 Å². The summed E-state index contributed by atoms with van der Waals surface area (Å²) in [5, 5.41) is 14.2. The number of nitrogens with one attached hydrogen (secondary N) is 1. The molecule has 0 unspecified atom stereocenters. The van der Waals surface area contributed by atoms with Gasteiger partial charge in [-0.1, -0.05) is 60.7 Å². The molecule has 0 amide bonds. The van der Waals surface area contributed by atoms with Crippen molar-refractivity contribution in [3.05, 3.63) is 124 Å². The maximum Gasteiger partial charge on any atom is 0.292 e. The monoisotopic (exact) mass is 394 g/mol. The van der Waals surface area contributed by atoms with Crippen molar-refractivity contribution in [2.45, 2.75) is 0 Å². The summed E-state index contributed by atoms with van der Waals surface area (Å²) in [6.07, 6.45) is 0. The van der Waals surface area contributed by atoms with Gasteiger partial charge in [0.25, 0.3) is 5.69 Å². The average Bonchev–Trinajstić information content (AvgIpc) is 2.80. The van der Waals surface area contributed by atoms with E-state index in [4.69, 9.17) is 0 Å². The first kappa shape index (κ1) is 19.1. The van der Waals surface area contributed by atoms with E-state index in [-0.39, 0.29) is 11.5 Å². The molecule has 0 bridgehead atoms. The van der Waals surface area contributed by atoms with Crippen LogP contribution in [0.15, 0.2) is 103 Å². The second kappa shape index (κ2) is 8.41. The number of anilines is 2. The van der Waals surface area contributed by atoms with Crippen molar-refractivity contribution in [2.75, 3.05) is 5.32 Å². The Morgan fingerprint density at radius 1 is 0.700 bits per heavy atom. The highest BCUT2D eigenvalue weighted by molar-refractivity contribution is 6.09. The van der Waals surface area contributed by atoms with Gasteiger partial charge in [0.1, 0.15) is 5.69 Å². The minimum atomic E-state index is -0.431. The van der Waals surface area contributed by atoms with Crippen molar-refractivity contribution in [3.63, 3.8) is 0 Å². The van der Waals surface area contributed by atoms with Crippen LogP contribution in [0.3, 0.4) is 0 Å². The summed E-state index contributed by atoms with van der Waals surface area (Å²) in [4.78, 5) is 23.7. The number of ketones is 1. The third kappa shape index (κ3) is 4.10. The van der Waals surface area contributed by atoms with Gasteiger partial charge in [-0.25, -0.2) is 0 Å². The first-order chi connectivity index (χ1) is 14.6. The van der Waals surface area contributed by atoms with Crippen LogP contribution in [0, 0.1) is 10.1 Å². The number of carbonyl (C=O) groups excluding carboxylic acids is 1. The highest BCUT2D eigenvalue weighted by Crippen LogP contribution is 2.27. The Morgan fingerprint density at radius 3 is 2.10 bits per heavy atom. The standard InChI is InChI=1S/C25H18N2O3/c28-25(21-10-6-9-20(17-21)18-7-2-1-3-8-18)19-13-15-22(16-14-19)26-23-11-4-5-12-24(23)27(29)30/h1-17,26H. The molecular weight excluding hydrogens is 376 g/mol. The number of carbonyl (C=O) groups is 1. The molecule has 0 aliphatic heterocycles. The molecule has 0 saturated heterocycles. The maximum absolute atomic E-state index is 12.9. The molecule has 4 aromatic rings. The molecule has 4 aromatic carbocycles. The lowest BCUT2D eigenvalue weighted by atomic mass is 9.98. The average molecular weight is 394 g/mol. The number of nitro benzene ring substituents is 1. The molecule has 0 fully saturated rings. The molecule has 1 N–H and O–H groups in total. The number of rotatable bonds is 6. The van der Waals surface area contributed by atoms with Crippen LogP contribution < -0.4 is 5.32 Å². The molecule has 0 atom stereocenters. The molecule has 146 valence electrons. The summed E-state index contributed by atoms with van der Waals surface area (Å²) in [6, 6.07) is 30.8. The Bertz CT molecular complexity index is 1200. The number of hydrogen-bond acceptors (Lipinski definition) is 4. The van der Waals surface area contributed by atoms with E-state index in [0.717, 1.165) is 11.1 Å². The van der Waals surface area contributed by atoms with Crippen molar-refractivity contribution in [1.29, 1.82) is 0 Å². The number of benzene rings is 4. The molecule has 0 aromatic heterocycles. The van der Waals surface area contributed by atoms with Crippen LogP contribution in [0.2, 0.25) is 0 Å². The first-order valence-electron chi connectivity index (χ1n) is 9.42. The predicted octanol–water partition coefficient (Wildman–Crippen LogP) is 6.24. The molecular formula is C25H18N2O3. The molecule has 5 heteroatoms. The molecule has 0 heterocycles. The SMILES string of the molecule is O=C(c1ccc(Nc2ccccc2[N+](=O)[O-])cc1)c1cccc(-c2ccccc2)c1. The smallest absolute Gasteiger partial charge is 0.292 e. The fraction of sp³-hybridized carbons (Fsp3) is 0. The quantitative estimate of drug-likeness (QED) is 0.239. The molecule has 4 rings (SSSR count). The van der Waals surface area contributed by atoms with Gasteiger partial charge in [0.15, 0.2) is 5.78 Å². The lowest BCUT2D eigenvalue weighted by Crippen LogP contribution is -2.02. The zero-order chi connectivity index (χ0) is 20.9. The fourth-order valence-electron chi connectivity index (χ4n) is 3.24. The first-order valence-corrected chi connectivity index (χ1v) is 9.42. The largest absolute Gasteiger partial charge is 0.350 e. The van der Waals surface area contributed by atoms with Crippen LogP contribution in [-0.2, 0) is 0 Å². The van der Waals surface area contributed by atoms with Gasteiger partial charge < -0.3 is 5.32 Å². The van der Waals surface area contributed by atoms with E-state index in [0.29, 0.717) is 22.5 Å². The summed E-state index contributed by atoms with van der Waals surface area (Å²) >= 11 is 0. The Labute approximate surface area is 173 Å². The molecule has 0 spiro atoms. The minimum absolute atomic E-state index is 0.00428. The summed E-state index contributed by atoms with van der Waals surface area (Å²) < 4.78 is 0. The number of para-hydroxylation sites is 2. The van der Waals surface area contributed by atoms with E-state index in [1.54, 1.807) is 48.5 Å². The van der Waals surface area contributed by atoms with Gasteiger partial charge in [-0.3, -0.25) is 14.9 Å². The van der Waals surface area contributed by atoms with Gasteiger partial charge >= 0.3 is 0 Å². The molecule has 0 aliphatic carbocycles. The Hall–Kier alpha value is -4.25. The zero-order valence-corrected chi connectivity index (χ0v) is 16.0. The molecule has 0 radical (unpaired) electrons. The van der Waals surface area contributed by atoms with Gasteiger partial charge in [-0.05, 0) is 47.5 Å². The van der Waals surface area contributed by atoms with Crippen molar-refractivity contribution in [1.82, 2.24) is 0 Å². The van der Waals surface area contributed by atoms with E-state index >= 15 is 0 Å². The van der Waals surface area contributed by atoms with Crippen LogP contribution in [0.25, 0.3) is 11.1 Å². The van der Waals surface area contributed by atoms with E-state index in [1.165, 1.54) is 6.07 Å². The third-order valence-corrected chi connectivity index (χ3v) is 4.76. The van der Waals surface area contributed by atoms with Crippen LogP contribution in [0.5, 0.6) is 0 Å². The molecule has 30 heavy (non-hydrogen) atoms. The van der Waals surface area contributed by atoms with Crippen molar-refractivity contribution in [3.8, 4) is 11.1 Å². The fourth-order valence-corrected chi connectivity index (χ4v) is 3.24. The number of nitrogens with zero attached hydrogens (tertiary/aromatic N) is 1. The predicted molar refractivity (Wildman–Crippen MR) is 118 cm³/mol. The normalized spacial score (nSPS) is 10.4. The Balaban J connectivity index is 1.55. The second-order valence-electron chi connectivity index (χ2n) is 6.75. The van der Waals surface area contributed by atoms with E-state index in [1.807, 2.05) is 48.5 Å². The highest BCUT2D eigenvalue weighted by Gasteiger charge is 2.13. The lowest BCUT2D eigenvalue weighted by Gasteiger charge is -2.09. The summed E-state index contributed by atoms with van der Waals surface area (Å²) in [5.41, 5.74) is 4.25. The van der Waals surface area contributed by atoms with Crippen LogP contribution in [0.1, 0.15) is 15.9 Å². The maximum atomic E-state index is 12.9. The Kier molecular flexibility index (Phi) is 5.35. The third-order valence-electron chi connectivity index (χ3n) is 4.76. The van der Waals surface area contributed by atoms with Crippen molar-refractivity contribution < 1.29 is 9.72 Å². The Morgan fingerprint density at radius 2 is 1.37 bits per heavy atom. The highest BCUT2D eigenvalue weighted by atomic mass is 16.6. The van der Waals surface area contributed by atoms with Gasteiger partial charge in [0.05, 0.1) is 4.92 Å². The molecule has 0 aliphatic rings. The summed E-state index contributed by atoms with van der Waals surface area (Å²) in [6.45, 7) is 0. The minimum Gasteiger partial charge on any atom is -0.350 e. The topological polar surface area (TPSA) is 72.2 Å². The number of hydrogen-bond donors (Lipinski definition) is 1. The van der Waals surface area contributed by atoms with Gasteiger partial charge in [0.2, 0.25) is 0 Å². The van der Waals surface area contributed by atoms with Crippen molar-refractivity contribution in [2.24, 2.45) is 0 Å². The van der Waals surface area contributed by atoms with E-state index < -0.39 is 4.92 Å². The second-order valence-corrected chi connectivity index (χ2v) is 6.75.